The van der Waals surface area contributed by atoms with Gasteiger partial charge in [0.25, 0.3) is 0 Å². The molecule has 0 amide bonds. The van der Waals surface area contributed by atoms with Crippen molar-refractivity contribution in [2.75, 3.05) is 0 Å². The molecule has 2 aliphatic rings. The second kappa shape index (κ2) is 3.66. The first-order chi connectivity index (χ1) is 5.92. The molecule has 0 aromatic heterocycles. The Morgan fingerprint density at radius 2 is 2.33 bits per heavy atom. The number of hydrogen-bond donors (Lipinski definition) is 0. The van der Waals surface area contributed by atoms with Crippen molar-refractivity contribution in [3.05, 3.63) is 12.2 Å². The van der Waals surface area contributed by atoms with Crippen molar-refractivity contribution in [3.63, 3.8) is 0 Å². The minimum atomic E-state index is -0.973. The number of allylic oxidation sites excluding steroid dienone is 2. The van der Waals surface area contributed by atoms with E-state index in [1.54, 1.807) is 0 Å². The summed E-state index contributed by atoms with van der Waals surface area (Å²) < 4.78 is 1.39. The maximum atomic E-state index is 8.99. The number of fused-ring (bicyclic) bond motifs is 1. The molecule has 0 aromatic carbocycles. The van der Waals surface area contributed by atoms with Crippen molar-refractivity contribution in [1.82, 2.24) is 0 Å². The van der Waals surface area contributed by atoms with Crippen LogP contribution in [0.15, 0.2) is 12.2 Å². The molecule has 0 aliphatic carbocycles. The molecule has 1 fully saturated rings. The molecule has 12 heavy (non-hydrogen) atoms. The Morgan fingerprint density at radius 1 is 1.42 bits per heavy atom. The summed E-state index contributed by atoms with van der Waals surface area (Å²) in [5.41, 5.74) is 0. The third-order valence-corrected chi connectivity index (χ3v) is 10.7. The van der Waals surface area contributed by atoms with Crippen LogP contribution in [0.2, 0.25) is 14.8 Å². The molecule has 2 heterocycles. The summed E-state index contributed by atoms with van der Waals surface area (Å²) in [7, 11) is 0. The topological polar surface area (TPSA) is 23.8 Å². The van der Waals surface area contributed by atoms with E-state index in [1.807, 2.05) is 0 Å². The van der Waals surface area contributed by atoms with Crippen molar-refractivity contribution in [2.45, 2.75) is 40.4 Å². The van der Waals surface area contributed by atoms with Crippen LogP contribution in [0.1, 0.15) is 25.7 Å². The van der Waals surface area contributed by atoms with Crippen LogP contribution in [0.4, 0.5) is 0 Å². The van der Waals surface area contributed by atoms with E-state index in [9.17, 15) is 0 Å². The third-order valence-electron chi connectivity index (χ3n) is 3.05. The van der Waals surface area contributed by atoms with E-state index in [2.05, 4.69) is 18.2 Å². The van der Waals surface area contributed by atoms with Crippen molar-refractivity contribution in [2.24, 2.45) is 0 Å². The van der Waals surface area contributed by atoms with E-state index in [0.717, 1.165) is 11.2 Å². The Labute approximate surface area is 78.6 Å². The molecule has 0 bridgehead atoms. The molecule has 63 valence electrons. The van der Waals surface area contributed by atoms with Crippen LogP contribution in [0.3, 0.4) is 0 Å². The SMILES string of the molecule is N#C[CH]1CC=C[CH]2CCC[CH2][Ge]12. The summed E-state index contributed by atoms with van der Waals surface area (Å²) >= 11 is -0.973. The molecule has 1 radical (unpaired) electrons. The fourth-order valence-electron chi connectivity index (χ4n) is 2.38. The Hall–Kier alpha value is -0.227. The van der Waals surface area contributed by atoms with Crippen LogP contribution in [0.25, 0.3) is 0 Å². The van der Waals surface area contributed by atoms with Gasteiger partial charge in [0.1, 0.15) is 0 Å². The molecule has 1 saturated heterocycles. The average Bonchev–Trinajstić information content (AvgIpc) is 2.17. The minimum absolute atomic E-state index is 0.486. The van der Waals surface area contributed by atoms with Gasteiger partial charge in [-0.15, -0.1) is 0 Å². The summed E-state index contributed by atoms with van der Waals surface area (Å²) in [4.78, 5) is 0. The number of rotatable bonds is 0. The van der Waals surface area contributed by atoms with Gasteiger partial charge in [0.2, 0.25) is 0 Å². The van der Waals surface area contributed by atoms with Crippen molar-refractivity contribution in [1.29, 1.82) is 5.26 Å². The Bertz CT molecular complexity index is 228. The fraction of sp³-hybridized carbons (Fsp3) is 0.700. The molecule has 0 aromatic rings. The monoisotopic (exact) mass is 222 g/mol. The van der Waals surface area contributed by atoms with E-state index in [1.165, 1.54) is 24.5 Å². The van der Waals surface area contributed by atoms with Gasteiger partial charge in [-0.3, -0.25) is 0 Å². The molecule has 0 N–H and O–H groups in total. The summed E-state index contributed by atoms with van der Waals surface area (Å²) in [5.74, 6) is 0. The molecule has 2 aliphatic heterocycles. The first-order valence-electron chi connectivity index (χ1n) is 4.83. The van der Waals surface area contributed by atoms with E-state index in [4.69, 9.17) is 5.26 Å². The van der Waals surface area contributed by atoms with Gasteiger partial charge < -0.3 is 0 Å². The zero-order chi connectivity index (χ0) is 8.39. The van der Waals surface area contributed by atoms with Gasteiger partial charge >= 0.3 is 78.3 Å². The molecule has 0 spiro atoms. The molecule has 1 nitrogen and oxygen atoms in total. The third kappa shape index (κ3) is 1.45. The molecule has 0 saturated carbocycles. The van der Waals surface area contributed by atoms with Gasteiger partial charge in [-0.05, 0) is 0 Å². The normalized spacial score (nSPS) is 35.6. The van der Waals surface area contributed by atoms with Crippen LogP contribution in [0.5, 0.6) is 0 Å². The average molecular weight is 221 g/mol. The van der Waals surface area contributed by atoms with E-state index < -0.39 is 14.3 Å². The second-order valence-electron chi connectivity index (χ2n) is 3.77. The van der Waals surface area contributed by atoms with Crippen LogP contribution < -0.4 is 0 Å². The first kappa shape index (κ1) is 8.37. The Kier molecular flexibility index (Phi) is 2.55. The van der Waals surface area contributed by atoms with Crippen LogP contribution >= 0.6 is 0 Å². The summed E-state index contributed by atoms with van der Waals surface area (Å²) in [6, 6.07) is 2.53. The molecular weight excluding hydrogens is 207 g/mol. The van der Waals surface area contributed by atoms with Crippen LogP contribution in [0, 0.1) is 11.3 Å². The molecule has 2 atom stereocenters. The Balaban J connectivity index is 2.13. The summed E-state index contributed by atoms with van der Waals surface area (Å²) in [6.07, 6.45) is 9.95. The summed E-state index contributed by atoms with van der Waals surface area (Å²) in [6.45, 7) is 0. The number of nitrogens with zero attached hydrogens (tertiary/aromatic N) is 1. The van der Waals surface area contributed by atoms with Crippen LogP contribution in [-0.4, -0.2) is 14.3 Å². The molecule has 2 rings (SSSR count). The zero-order valence-electron chi connectivity index (χ0n) is 7.29. The van der Waals surface area contributed by atoms with E-state index in [0.29, 0.717) is 4.75 Å². The molecule has 2 heteroatoms. The number of nitriles is 1. The zero-order valence-corrected chi connectivity index (χ0v) is 9.39. The van der Waals surface area contributed by atoms with Gasteiger partial charge in [0.15, 0.2) is 0 Å². The van der Waals surface area contributed by atoms with Crippen LogP contribution in [-0.2, 0) is 0 Å². The maximum absolute atomic E-state index is 8.99. The van der Waals surface area contributed by atoms with Crippen molar-refractivity contribution < 1.29 is 0 Å². The summed E-state index contributed by atoms with van der Waals surface area (Å²) in [5, 5.41) is 10.4. The van der Waals surface area contributed by atoms with Crippen molar-refractivity contribution in [3.8, 4) is 6.07 Å². The predicted molar refractivity (Wildman–Crippen MR) is 51.3 cm³/mol. The second-order valence-corrected chi connectivity index (χ2v) is 10.3. The van der Waals surface area contributed by atoms with Gasteiger partial charge in [-0.1, -0.05) is 0 Å². The molecular formula is C10H14GeN. The van der Waals surface area contributed by atoms with E-state index in [-0.39, 0.29) is 0 Å². The number of hydrogen-bond acceptors (Lipinski definition) is 1. The van der Waals surface area contributed by atoms with Gasteiger partial charge in [-0.2, -0.15) is 0 Å². The van der Waals surface area contributed by atoms with Gasteiger partial charge in [0.05, 0.1) is 0 Å². The van der Waals surface area contributed by atoms with Gasteiger partial charge in [0, 0.05) is 0 Å². The van der Waals surface area contributed by atoms with Gasteiger partial charge in [-0.25, -0.2) is 0 Å². The van der Waals surface area contributed by atoms with Crippen molar-refractivity contribution >= 4 is 14.3 Å². The Morgan fingerprint density at radius 3 is 3.17 bits per heavy atom. The standard InChI is InChI=1S/C10H14GeN/c12-8-10-6-3-5-9-4-1-2-7-11(9)10/h3,5,9-10H,1-2,4,6-7H2. The fourth-order valence-corrected chi connectivity index (χ4v) is 9.64. The first-order valence-corrected chi connectivity index (χ1v) is 8.74. The molecule has 2 unspecified atom stereocenters. The quantitative estimate of drug-likeness (QED) is 0.455. The predicted octanol–water partition coefficient (Wildman–Crippen LogP) is 2.89. The van der Waals surface area contributed by atoms with E-state index >= 15 is 0 Å².